The number of para-hydroxylation sites is 1. The third-order valence-corrected chi connectivity index (χ3v) is 6.14. The molecule has 0 spiro atoms. The van der Waals surface area contributed by atoms with Crippen LogP contribution in [0.3, 0.4) is 0 Å². The molecule has 0 saturated carbocycles. The van der Waals surface area contributed by atoms with Crippen LogP contribution in [0.1, 0.15) is 16.1 Å². The van der Waals surface area contributed by atoms with Gasteiger partial charge in [-0.25, -0.2) is 4.98 Å². The summed E-state index contributed by atoms with van der Waals surface area (Å²) in [5.74, 6) is -0.137. The van der Waals surface area contributed by atoms with E-state index in [2.05, 4.69) is 15.0 Å². The molecule has 2 aromatic heterocycles. The number of benzene rings is 1. The average Bonchev–Trinajstić information content (AvgIpc) is 3.26. The minimum absolute atomic E-state index is 0. The molecule has 0 radical (unpaired) electrons. The van der Waals surface area contributed by atoms with E-state index >= 15 is 0 Å². The molecule has 3 aromatic rings. The number of aromatic nitrogens is 3. The van der Waals surface area contributed by atoms with Gasteiger partial charge in [-0.1, -0.05) is 29.0 Å². The lowest BCUT2D eigenvalue weighted by molar-refractivity contribution is 0.0391. The van der Waals surface area contributed by atoms with Gasteiger partial charge in [-0.2, -0.15) is 5.10 Å². The van der Waals surface area contributed by atoms with Gasteiger partial charge in [0.05, 0.1) is 22.9 Å². The van der Waals surface area contributed by atoms with Gasteiger partial charge < -0.3 is 4.74 Å². The van der Waals surface area contributed by atoms with Crippen molar-refractivity contribution in [3.8, 4) is 0 Å². The number of carbonyl (C=O) groups excluding carboxylic acids is 1. The summed E-state index contributed by atoms with van der Waals surface area (Å²) < 4.78 is 8.05. The van der Waals surface area contributed by atoms with E-state index in [0.29, 0.717) is 22.4 Å². The van der Waals surface area contributed by atoms with E-state index in [1.54, 1.807) is 9.58 Å². The van der Waals surface area contributed by atoms with Crippen LogP contribution in [0.5, 0.6) is 0 Å². The minimum Gasteiger partial charge on any atom is -0.379 e. The summed E-state index contributed by atoms with van der Waals surface area (Å²) in [7, 11) is 1.82. The van der Waals surface area contributed by atoms with Crippen molar-refractivity contribution < 1.29 is 9.53 Å². The van der Waals surface area contributed by atoms with E-state index in [9.17, 15) is 4.79 Å². The van der Waals surface area contributed by atoms with E-state index in [0.717, 1.165) is 48.6 Å². The van der Waals surface area contributed by atoms with Gasteiger partial charge in [-0.05, 0) is 19.1 Å². The van der Waals surface area contributed by atoms with Gasteiger partial charge >= 0.3 is 0 Å². The maximum absolute atomic E-state index is 13.4. The average molecular weight is 456 g/mol. The van der Waals surface area contributed by atoms with Gasteiger partial charge in [0.15, 0.2) is 10.8 Å². The smallest absolute Gasteiger partial charge is 0.280 e. The van der Waals surface area contributed by atoms with E-state index in [-0.39, 0.29) is 18.3 Å². The van der Waals surface area contributed by atoms with Gasteiger partial charge in [-0.15, -0.1) is 12.4 Å². The Bertz CT molecular complexity index is 1000. The Hall–Kier alpha value is -1.71. The zero-order valence-electron chi connectivity index (χ0n) is 16.3. The molecule has 0 aliphatic carbocycles. The summed E-state index contributed by atoms with van der Waals surface area (Å²) in [6.45, 7) is 6.38. The summed E-state index contributed by atoms with van der Waals surface area (Å²) in [4.78, 5) is 22.1. The second-order valence-corrected chi connectivity index (χ2v) is 8.24. The number of amides is 1. The molecule has 29 heavy (non-hydrogen) atoms. The normalized spacial score (nSPS) is 14.7. The van der Waals surface area contributed by atoms with Crippen molar-refractivity contribution in [2.75, 3.05) is 44.3 Å². The highest BCUT2D eigenvalue weighted by Gasteiger charge is 2.26. The Morgan fingerprint density at radius 3 is 2.76 bits per heavy atom. The molecule has 1 aliphatic heterocycles. The highest BCUT2D eigenvalue weighted by Crippen LogP contribution is 2.33. The molecule has 1 aromatic carbocycles. The van der Waals surface area contributed by atoms with Crippen LogP contribution in [0.25, 0.3) is 10.2 Å². The van der Waals surface area contributed by atoms with Crippen LogP contribution in [-0.4, -0.2) is 65.0 Å². The topological polar surface area (TPSA) is 63.5 Å². The molecular formula is C19H23Cl2N5O2S. The standard InChI is InChI=1S/C19H22ClN5O2S.ClH/c1-13-12-23(2)22-16(13)18(26)25(7-6-24-8-10-27-11-9-24)19-21-17-14(20)4-3-5-15(17)28-19;/h3-5,12H,6-11H2,1-2H3;1H. The molecule has 156 valence electrons. The molecule has 0 N–H and O–H groups in total. The lowest BCUT2D eigenvalue weighted by Crippen LogP contribution is -2.43. The second-order valence-electron chi connectivity index (χ2n) is 6.83. The fourth-order valence-electron chi connectivity index (χ4n) is 3.32. The van der Waals surface area contributed by atoms with Crippen LogP contribution in [0.15, 0.2) is 24.4 Å². The molecule has 1 amide bonds. The highest BCUT2D eigenvalue weighted by molar-refractivity contribution is 7.22. The van der Waals surface area contributed by atoms with Gasteiger partial charge in [0.2, 0.25) is 0 Å². The second kappa shape index (κ2) is 9.40. The van der Waals surface area contributed by atoms with E-state index in [4.69, 9.17) is 16.3 Å². The Labute approximate surface area is 184 Å². The fraction of sp³-hybridized carbons (Fsp3) is 0.421. The third kappa shape index (κ3) is 4.73. The molecule has 1 fully saturated rings. The number of morpholine rings is 1. The van der Waals surface area contributed by atoms with Crippen molar-refractivity contribution in [3.05, 3.63) is 40.7 Å². The first kappa shape index (κ1) is 22.0. The first-order valence-electron chi connectivity index (χ1n) is 9.20. The lowest BCUT2D eigenvalue weighted by atomic mass is 10.2. The molecule has 1 aliphatic rings. The molecular weight excluding hydrogens is 433 g/mol. The molecule has 1 saturated heterocycles. The van der Waals surface area contributed by atoms with Gasteiger partial charge in [0.1, 0.15) is 5.52 Å². The zero-order chi connectivity index (χ0) is 19.7. The number of hydrogen-bond acceptors (Lipinski definition) is 6. The maximum atomic E-state index is 13.4. The first-order valence-corrected chi connectivity index (χ1v) is 10.4. The predicted molar refractivity (Wildman–Crippen MR) is 119 cm³/mol. The number of rotatable bonds is 5. The minimum atomic E-state index is -0.137. The van der Waals surface area contributed by atoms with Gasteiger partial charge in [-0.3, -0.25) is 19.3 Å². The fourth-order valence-corrected chi connectivity index (χ4v) is 4.60. The summed E-state index contributed by atoms with van der Waals surface area (Å²) >= 11 is 7.78. The van der Waals surface area contributed by atoms with Gasteiger partial charge in [0, 0.05) is 45.0 Å². The van der Waals surface area contributed by atoms with Crippen molar-refractivity contribution in [2.24, 2.45) is 7.05 Å². The number of hydrogen-bond donors (Lipinski definition) is 0. The van der Waals surface area contributed by atoms with Crippen LogP contribution in [0, 0.1) is 6.92 Å². The summed E-state index contributed by atoms with van der Waals surface area (Å²) in [6, 6.07) is 5.69. The quantitative estimate of drug-likeness (QED) is 0.589. The van der Waals surface area contributed by atoms with Crippen molar-refractivity contribution >= 4 is 56.6 Å². The maximum Gasteiger partial charge on any atom is 0.280 e. The number of carbonyl (C=O) groups is 1. The SMILES string of the molecule is Cc1cn(C)nc1C(=O)N(CCN1CCOCC1)c1nc2c(Cl)cccc2s1.Cl. The summed E-state index contributed by atoms with van der Waals surface area (Å²) in [6.07, 6.45) is 1.85. The lowest BCUT2D eigenvalue weighted by Gasteiger charge is -2.29. The summed E-state index contributed by atoms with van der Waals surface area (Å²) in [5, 5.41) is 5.60. The van der Waals surface area contributed by atoms with E-state index in [1.165, 1.54) is 11.3 Å². The van der Waals surface area contributed by atoms with Crippen LogP contribution in [0.4, 0.5) is 5.13 Å². The Morgan fingerprint density at radius 1 is 1.34 bits per heavy atom. The van der Waals surface area contributed by atoms with E-state index < -0.39 is 0 Å². The monoisotopic (exact) mass is 455 g/mol. The van der Waals surface area contributed by atoms with E-state index in [1.807, 2.05) is 38.4 Å². The van der Waals surface area contributed by atoms with Crippen LogP contribution >= 0.6 is 35.3 Å². The molecule has 0 atom stereocenters. The number of thiazole rings is 1. The van der Waals surface area contributed by atoms with Crippen LogP contribution < -0.4 is 4.90 Å². The number of ether oxygens (including phenoxy) is 1. The Balaban J connectivity index is 0.00000240. The number of aryl methyl sites for hydroxylation is 2. The van der Waals surface area contributed by atoms with Crippen molar-refractivity contribution in [1.82, 2.24) is 19.7 Å². The van der Waals surface area contributed by atoms with Gasteiger partial charge in [0.25, 0.3) is 5.91 Å². The van der Waals surface area contributed by atoms with Crippen LogP contribution in [-0.2, 0) is 11.8 Å². The Morgan fingerprint density at radius 2 is 2.10 bits per heavy atom. The number of halogens is 2. The van der Waals surface area contributed by atoms with Crippen LogP contribution in [0.2, 0.25) is 5.02 Å². The van der Waals surface area contributed by atoms with Crippen molar-refractivity contribution in [3.63, 3.8) is 0 Å². The first-order chi connectivity index (χ1) is 13.5. The largest absolute Gasteiger partial charge is 0.379 e. The molecule has 10 heteroatoms. The van der Waals surface area contributed by atoms with Crippen molar-refractivity contribution in [2.45, 2.75) is 6.92 Å². The Kier molecular flexibility index (Phi) is 7.13. The summed E-state index contributed by atoms with van der Waals surface area (Å²) in [5.41, 5.74) is 2.03. The molecule has 4 rings (SSSR count). The molecule has 7 nitrogen and oxygen atoms in total. The number of nitrogens with zero attached hydrogens (tertiary/aromatic N) is 5. The molecule has 0 bridgehead atoms. The van der Waals surface area contributed by atoms with Crippen molar-refractivity contribution in [1.29, 1.82) is 0 Å². The predicted octanol–water partition coefficient (Wildman–Crippen LogP) is 3.39. The molecule has 3 heterocycles. The number of fused-ring (bicyclic) bond motifs is 1. The molecule has 0 unspecified atom stereocenters. The number of anilines is 1. The highest BCUT2D eigenvalue weighted by atomic mass is 35.5. The third-order valence-electron chi connectivity index (χ3n) is 4.79. The zero-order valence-corrected chi connectivity index (χ0v) is 18.7.